The van der Waals surface area contributed by atoms with Gasteiger partial charge in [-0.1, -0.05) is 19.1 Å². The van der Waals surface area contributed by atoms with Crippen molar-refractivity contribution in [3.05, 3.63) is 29.8 Å². The number of phenols is 1. The van der Waals surface area contributed by atoms with Gasteiger partial charge in [0.25, 0.3) is 0 Å². The molecular formula is C15H24N2O. The molecule has 1 aliphatic rings. The highest BCUT2D eigenvalue weighted by Gasteiger charge is 2.21. The minimum atomic E-state index is 0.368. The highest BCUT2D eigenvalue weighted by Crippen LogP contribution is 2.18. The van der Waals surface area contributed by atoms with Gasteiger partial charge in [-0.25, -0.2) is 0 Å². The highest BCUT2D eigenvalue weighted by atomic mass is 16.3. The van der Waals surface area contributed by atoms with Gasteiger partial charge in [0.1, 0.15) is 5.75 Å². The summed E-state index contributed by atoms with van der Waals surface area (Å²) < 4.78 is 0. The standard InChI is InChI=1S/C15H24N2O/c1-3-14-12-16(2)8-5-9-17(14)11-13-6-4-7-15(18)10-13/h4,6-7,10,14,18H,3,5,8-9,11-12H2,1-2H3. The normalized spacial score (nSPS) is 22.9. The third kappa shape index (κ3) is 3.47. The Bertz CT molecular complexity index is 381. The predicted octanol–water partition coefficient (Wildman–Crippen LogP) is 2.31. The van der Waals surface area contributed by atoms with Crippen LogP contribution in [0.5, 0.6) is 5.75 Å². The lowest BCUT2D eigenvalue weighted by molar-refractivity contribution is 0.176. The second kappa shape index (κ2) is 6.21. The first-order valence-corrected chi connectivity index (χ1v) is 6.89. The quantitative estimate of drug-likeness (QED) is 0.889. The van der Waals surface area contributed by atoms with E-state index in [9.17, 15) is 5.11 Å². The molecule has 18 heavy (non-hydrogen) atoms. The van der Waals surface area contributed by atoms with Crippen LogP contribution in [0.25, 0.3) is 0 Å². The Balaban J connectivity index is 2.06. The zero-order valence-electron chi connectivity index (χ0n) is 11.5. The smallest absolute Gasteiger partial charge is 0.115 e. The number of aromatic hydroxyl groups is 1. The summed E-state index contributed by atoms with van der Waals surface area (Å²) in [4.78, 5) is 4.98. The van der Waals surface area contributed by atoms with Crippen LogP contribution in [-0.2, 0) is 6.54 Å². The van der Waals surface area contributed by atoms with Crippen molar-refractivity contribution in [1.82, 2.24) is 9.80 Å². The summed E-state index contributed by atoms with van der Waals surface area (Å²) in [5.74, 6) is 0.368. The number of likely N-dealkylation sites (N-methyl/N-ethyl adjacent to an activating group) is 1. The first-order valence-electron chi connectivity index (χ1n) is 6.89. The Labute approximate surface area is 110 Å². The van der Waals surface area contributed by atoms with E-state index < -0.39 is 0 Å². The monoisotopic (exact) mass is 248 g/mol. The summed E-state index contributed by atoms with van der Waals surface area (Å²) in [5, 5.41) is 9.54. The summed E-state index contributed by atoms with van der Waals surface area (Å²) in [6, 6.07) is 8.26. The van der Waals surface area contributed by atoms with E-state index in [4.69, 9.17) is 0 Å². The maximum Gasteiger partial charge on any atom is 0.115 e. The molecule has 1 aliphatic heterocycles. The summed E-state index contributed by atoms with van der Waals surface area (Å²) >= 11 is 0. The Morgan fingerprint density at radius 2 is 2.17 bits per heavy atom. The second-order valence-corrected chi connectivity index (χ2v) is 5.32. The van der Waals surface area contributed by atoms with E-state index in [1.54, 1.807) is 6.07 Å². The average Bonchev–Trinajstić information content (AvgIpc) is 2.51. The maximum absolute atomic E-state index is 9.54. The molecule has 3 nitrogen and oxygen atoms in total. The van der Waals surface area contributed by atoms with Gasteiger partial charge in [-0.15, -0.1) is 0 Å². The van der Waals surface area contributed by atoms with Crippen LogP contribution in [0.1, 0.15) is 25.3 Å². The molecule has 0 saturated carbocycles. The summed E-state index contributed by atoms with van der Waals surface area (Å²) in [6.45, 7) is 6.70. The molecule has 0 aromatic heterocycles. The van der Waals surface area contributed by atoms with Crippen LogP contribution in [0.4, 0.5) is 0 Å². The number of hydrogen-bond donors (Lipinski definition) is 1. The van der Waals surface area contributed by atoms with E-state index >= 15 is 0 Å². The molecule has 0 spiro atoms. The van der Waals surface area contributed by atoms with E-state index in [0.29, 0.717) is 11.8 Å². The minimum absolute atomic E-state index is 0.368. The van der Waals surface area contributed by atoms with Crippen molar-refractivity contribution in [1.29, 1.82) is 0 Å². The van der Waals surface area contributed by atoms with Crippen LogP contribution in [0.2, 0.25) is 0 Å². The predicted molar refractivity (Wildman–Crippen MR) is 74.7 cm³/mol. The van der Waals surface area contributed by atoms with Crippen LogP contribution < -0.4 is 0 Å². The minimum Gasteiger partial charge on any atom is -0.508 e. The number of rotatable bonds is 3. The van der Waals surface area contributed by atoms with Crippen LogP contribution in [0, 0.1) is 0 Å². The Kier molecular flexibility index (Phi) is 4.61. The SMILES string of the molecule is CCC1CN(C)CCCN1Cc1cccc(O)c1. The summed E-state index contributed by atoms with van der Waals surface area (Å²) in [6.07, 6.45) is 2.41. The Morgan fingerprint density at radius 1 is 1.33 bits per heavy atom. The lowest BCUT2D eigenvalue weighted by atomic mass is 10.1. The van der Waals surface area contributed by atoms with Crippen molar-refractivity contribution in [2.45, 2.75) is 32.4 Å². The molecule has 1 saturated heterocycles. The van der Waals surface area contributed by atoms with Gasteiger partial charge < -0.3 is 10.0 Å². The lowest BCUT2D eigenvalue weighted by Gasteiger charge is -2.30. The first-order chi connectivity index (χ1) is 8.69. The van der Waals surface area contributed by atoms with Crippen molar-refractivity contribution in [3.8, 4) is 5.75 Å². The largest absolute Gasteiger partial charge is 0.508 e. The van der Waals surface area contributed by atoms with Crippen molar-refractivity contribution in [2.24, 2.45) is 0 Å². The molecule has 1 aromatic carbocycles. The van der Waals surface area contributed by atoms with E-state index in [2.05, 4.69) is 29.8 Å². The third-order valence-corrected chi connectivity index (χ3v) is 3.79. The number of hydrogen-bond acceptors (Lipinski definition) is 3. The van der Waals surface area contributed by atoms with Gasteiger partial charge in [0, 0.05) is 25.7 Å². The number of benzene rings is 1. The average molecular weight is 248 g/mol. The molecule has 0 radical (unpaired) electrons. The number of nitrogens with zero attached hydrogens (tertiary/aromatic N) is 2. The van der Waals surface area contributed by atoms with Crippen molar-refractivity contribution < 1.29 is 5.11 Å². The Morgan fingerprint density at radius 3 is 2.89 bits per heavy atom. The van der Waals surface area contributed by atoms with Crippen LogP contribution in [0.15, 0.2) is 24.3 Å². The molecule has 1 unspecified atom stereocenters. The third-order valence-electron chi connectivity index (χ3n) is 3.79. The van der Waals surface area contributed by atoms with Gasteiger partial charge in [0.15, 0.2) is 0 Å². The lowest BCUT2D eigenvalue weighted by Crippen LogP contribution is -2.39. The fourth-order valence-electron chi connectivity index (χ4n) is 2.78. The maximum atomic E-state index is 9.54. The van der Waals surface area contributed by atoms with Crippen LogP contribution in [-0.4, -0.2) is 47.6 Å². The van der Waals surface area contributed by atoms with Crippen LogP contribution in [0.3, 0.4) is 0 Å². The van der Waals surface area contributed by atoms with Gasteiger partial charge in [-0.2, -0.15) is 0 Å². The van der Waals surface area contributed by atoms with Crippen molar-refractivity contribution in [3.63, 3.8) is 0 Å². The van der Waals surface area contributed by atoms with Crippen molar-refractivity contribution in [2.75, 3.05) is 26.7 Å². The topological polar surface area (TPSA) is 26.7 Å². The van der Waals surface area contributed by atoms with E-state index in [1.807, 2.05) is 12.1 Å². The molecule has 1 heterocycles. The van der Waals surface area contributed by atoms with Gasteiger partial charge >= 0.3 is 0 Å². The molecule has 2 rings (SSSR count). The molecular weight excluding hydrogens is 224 g/mol. The first kappa shape index (κ1) is 13.4. The van der Waals surface area contributed by atoms with E-state index in [1.165, 1.54) is 24.9 Å². The molecule has 1 fully saturated rings. The zero-order chi connectivity index (χ0) is 13.0. The second-order valence-electron chi connectivity index (χ2n) is 5.32. The molecule has 0 bridgehead atoms. The van der Waals surface area contributed by atoms with Crippen molar-refractivity contribution >= 4 is 0 Å². The molecule has 1 atom stereocenters. The summed E-state index contributed by atoms with van der Waals surface area (Å²) in [7, 11) is 2.21. The Hall–Kier alpha value is -1.06. The fraction of sp³-hybridized carbons (Fsp3) is 0.600. The van der Waals surface area contributed by atoms with E-state index in [-0.39, 0.29) is 0 Å². The highest BCUT2D eigenvalue weighted by molar-refractivity contribution is 5.27. The van der Waals surface area contributed by atoms with Gasteiger partial charge in [-0.3, -0.25) is 4.90 Å². The van der Waals surface area contributed by atoms with Gasteiger partial charge in [0.05, 0.1) is 0 Å². The zero-order valence-corrected chi connectivity index (χ0v) is 11.5. The van der Waals surface area contributed by atoms with Gasteiger partial charge in [0.2, 0.25) is 0 Å². The fourth-order valence-corrected chi connectivity index (χ4v) is 2.78. The van der Waals surface area contributed by atoms with Crippen LogP contribution >= 0.6 is 0 Å². The summed E-state index contributed by atoms with van der Waals surface area (Å²) in [5.41, 5.74) is 1.21. The molecule has 1 N–H and O–H groups in total. The molecule has 100 valence electrons. The van der Waals surface area contributed by atoms with Gasteiger partial charge in [-0.05, 0) is 44.1 Å². The molecule has 0 amide bonds. The molecule has 3 heteroatoms. The van der Waals surface area contributed by atoms with E-state index in [0.717, 1.165) is 19.6 Å². The number of phenolic OH excluding ortho intramolecular Hbond substituents is 1. The molecule has 0 aliphatic carbocycles. The molecule has 1 aromatic rings.